The summed E-state index contributed by atoms with van der Waals surface area (Å²) in [5, 5.41) is 1.10. The Balaban J connectivity index is 1.92. The van der Waals surface area contributed by atoms with E-state index in [0.717, 1.165) is 20.8 Å². The standard InChI is InChI=1S/C25H26N2O5S/c1-18-23(25(29)32-3)19(2)26-24(18)22(28)17-27(16-21-12-8-5-9-13-21)33(30,31)15-14-20-10-6-4-7-11-20/h4-15,26H,16-17H2,1-3H3/b15-14+. The average Bonchev–Trinajstić information content (AvgIpc) is 3.12. The van der Waals surface area contributed by atoms with Gasteiger partial charge in [-0.1, -0.05) is 60.7 Å². The third-order valence-corrected chi connectivity index (χ3v) is 6.68. The number of aryl methyl sites for hydroxylation is 1. The molecule has 1 aromatic heterocycles. The van der Waals surface area contributed by atoms with Crippen LogP contribution in [0.5, 0.6) is 0 Å². The van der Waals surface area contributed by atoms with Gasteiger partial charge in [0.05, 0.1) is 24.9 Å². The van der Waals surface area contributed by atoms with E-state index in [4.69, 9.17) is 4.74 Å². The van der Waals surface area contributed by atoms with Crippen LogP contribution in [0.2, 0.25) is 0 Å². The van der Waals surface area contributed by atoms with E-state index in [2.05, 4.69) is 4.98 Å². The average molecular weight is 467 g/mol. The predicted molar refractivity (Wildman–Crippen MR) is 127 cm³/mol. The van der Waals surface area contributed by atoms with E-state index in [1.165, 1.54) is 13.2 Å². The minimum Gasteiger partial charge on any atom is -0.465 e. The molecule has 1 heterocycles. The van der Waals surface area contributed by atoms with Crippen LogP contribution < -0.4 is 0 Å². The maximum absolute atomic E-state index is 13.2. The number of methoxy groups -OCH3 is 1. The van der Waals surface area contributed by atoms with Crippen LogP contribution in [0, 0.1) is 13.8 Å². The molecule has 3 aromatic rings. The zero-order chi connectivity index (χ0) is 24.0. The molecular weight excluding hydrogens is 440 g/mol. The number of nitrogens with one attached hydrogen (secondary N) is 1. The lowest BCUT2D eigenvalue weighted by molar-refractivity contribution is 0.0599. The van der Waals surface area contributed by atoms with Crippen LogP contribution in [-0.4, -0.2) is 43.1 Å². The quantitative estimate of drug-likeness (QED) is 0.378. The lowest BCUT2D eigenvalue weighted by Crippen LogP contribution is -2.34. The number of benzene rings is 2. The fraction of sp³-hybridized carbons (Fsp3) is 0.200. The van der Waals surface area contributed by atoms with Gasteiger partial charge in [-0.25, -0.2) is 13.2 Å². The summed E-state index contributed by atoms with van der Waals surface area (Å²) in [6, 6.07) is 18.1. The van der Waals surface area contributed by atoms with Crippen molar-refractivity contribution in [2.75, 3.05) is 13.7 Å². The summed E-state index contributed by atoms with van der Waals surface area (Å²) >= 11 is 0. The number of sulfonamides is 1. The lowest BCUT2D eigenvalue weighted by atomic mass is 10.1. The number of aromatic amines is 1. The molecule has 0 aliphatic carbocycles. The van der Waals surface area contributed by atoms with Crippen molar-refractivity contribution in [2.24, 2.45) is 0 Å². The highest BCUT2D eigenvalue weighted by molar-refractivity contribution is 7.92. The summed E-state index contributed by atoms with van der Waals surface area (Å²) in [6.45, 7) is 2.93. The lowest BCUT2D eigenvalue weighted by Gasteiger charge is -2.20. The Morgan fingerprint density at radius 2 is 1.61 bits per heavy atom. The molecule has 0 fully saturated rings. The zero-order valence-electron chi connectivity index (χ0n) is 18.7. The molecule has 7 nitrogen and oxygen atoms in total. The Kier molecular flexibility index (Phi) is 7.63. The molecule has 0 radical (unpaired) electrons. The molecule has 0 spiro atoms. The first-order valence-corrected chi connectivity index (χ1v) is 11.8. The number of carbonyl (C=O) groups is 2. The minimum atomic E-state index is -3.93. The molecule has 8 heteroatoms. The van der Waals surface area contributed by atoms with Gasteiger partial charge in [-0.2, -0.15) is 4.31 Å². The van der Waals surface area contributed by atoms with Crippen molar-refractivity contribution in [3.05, 3.63) is 99.7 Å². The van der Waals surface area contributed by atoms with Gasteiger partial charge in [-0.3, -0.25) is 4.79 Å². The Hall–Kier alpha value is -3.49. The van der Waals surface area contributed by atoms with Crippen molar-refractivity contribution >= 4 is 27.9 Å². The molecule has 0 amide bonds. The summed E-state index contributed by atoms with van der Waals surface area (Å²) in [6.07, 6.45) is 1.50. The monoisotopic (exact) mass is 466 g/mol. The number of ether oxygens (including phenoxy) is 1. The van der Waals surface area contributed by atoms with Crippen molar-refractivity contribution in [1.29, 1.82) is 0 Å². The van der Waals surface area contributed by atoms with E-state index in [0.29, 0.717) is 11.3 Å². The van der Waals surface area contributed by atoms with Gasteiger partial charge < -0.3 is 9.72 Å². The second kappa shape index (κ2) is 10.4. The van der Waals surface area contributed by atoms with E-state index in [-0.39, 0.29) is 17.8 Å². The van der Waals surface area contributed by atoms with Gasteiger partial charge in [0.15, 0.2) is 5.78 Å². The first-order chi connectivity index (χ1) is 15.7. The van der Waals surface area contributed by atoms with Gasteiger partial charge in [0, 0.05) is 17.6 Å². The van der Waals surface area contributed by atoms with Gasteiger partial charge in [0.1, 0.15) is 0 Å². The normalized spacial score (nSPS) is 11.8. The maximum atomic E-state index is 13.2. The van der Waals surface area contributed by atoms with Crippen molar-refractivity contribution in [1.82, 2.24) is 9.29 Å². The minimum absolute atomic E-state index is 0.0244. The van der Waals surface area contributed by atoms with Crippen LogP contribution in [0.15, 0.2) is 66.1 Å². The van der Waals surface area contributed by atoms with Gasteiger partial charge in [-0.05, 0) is 36.6 Å². The molecule has 33 heavy (non-hydrogen) atoms. The van der Waals surface area contributed by atoms with E-state index >= 15 is 0 Å². The SMILES string of the molecule is COC(=O)c1c(C)[nH]c(C(=O)CN(Cc2ccccc2)S(=O)(=O)/C=C/c2ccccc2)c1C. The summed E-state index contributed by atoms with van der Waals surface area (Å²) in [5.74, 6) is -1.00. The first-order valence-electron chi connectivity index (χ1n) is 10.3. The molecule has 2 aromatic carbocycles. The van der Waals surface area contributed by atoms with Gasteiger partial charge in [-0.15, -0.1) is 0 Å². The van der Waals surface area contributed by atoms with Crippen molar-refractivity contribution in [3.8, 4) is 0 Å². The molecule has 0 saturated heterocycles. The van der Waals surface area contributed by atoms with Crippen molar-refractivity contribution < 1.29 is 22.7 Å². The largest absolute Gasteiger partial charge is 0.465 e. The summed E-state index contributed by atoms with van der Waals surface area (Å²) < 4.78 is 32.3. The summed E-state index contributed by atoms with van der Waals surface area (Å²) in [4.78, 5) is 28.1. The highest BCUT2D eigenvalue weighted by Crippen LogP contribution is 2.21. The summed E-state index contributed by atoms with van der Waals surface area (Å²) in [7, 11) is -2.67. The maximum Gasteiger partial charge on any atom is 0.339 e. The van der Waals surface area contributed by atoms with Crippen molar-refractivity contribution in [3.63, 3.8) is 0 Å². The van der Waals surface area contributed by atoms with E-state index in [1.807, 2.05) is 36.4 Å². The zero-order valence-corrected chi connectivity index (χ0v) is 19.6. The van der Waals surface area contributed by atoms with Crippen LogP contribution in [0.3, 0.4) is 0 Å². The highest BCUT2D eigenvalue weighted by atomic mass is 32.2. The topological polar surface area (TPSA) is 96.5 Å². The molecule has 172 valence electrons. The summed E-state index contributed by atoms with van der Waals surface area (Å²) in [5.41, 5.74) is 2.86. The highest BCUT2D eigenvalue weighted by Gasteiger charge is 2.27. The first kappa shape index (κ1) is 24.2. The fourth-order valence-electron chi connectivity index (χ4n) is 3.51. The van der Waals surface area contributed by atoms with Crippen LogP contribution in [0.25, 0.3) is 6.08 Å². The Bertz CT molecular complexity index is 1260. The third-order valence-electron chi connectivity index (χ3n) is 5.22. The second-order valence-corrected chi connectivity index (χ2v) is 9.37. The predicted octanol–water partition coefficient (Wildman–Crippen LogP) is 4.10. The van der Waals surface area contributed by atoms with Crippen LogP contribution in [0.4, 0.5) is 0 Å². The van der Waals surface area contributed by atoms with E-state index in [9.17, 15) is 18.0 Å². The van der Waals surface area contributed by atoms with Gasteiger partial charge >= 0.3 is 5.97 Å². The molecule has 0 saturated carbocycles. The van der Waals surface area contributed by atoms with Crippen LogP contribution in [-0.2, 0) is 21.3 Å². The Labute approximate surface area is 193 Å². The molecule has 1 N–H and O–H groups in total. The van der Waals surface area contributed by atoms with E-state index in [1.54, 1.807) is 38.1 Å². The number of hydrogen-bond acceptors (Lipinski definition) is 5. The number of ketones is 1. The Morgan fingerprint density at radius 3 is 2.21 bits per heavy atom. The molecule has 0 bridgehead atoms. The molecular formula is C25H26N2O5S. The van der Waals surface area contributed by atoms with Gasteiger partial charge in [0.25, 0.3) is 0 Å². The number of rotatable bonds is 9. The molecule has 0 atom stereocenters. The number of nitrogens with zero attached hydrogens (tertiary/aromatic N) is 1. The third kappa shape index (κ3) is 5.85. The molecule has 0 aliphatic rings. The molecule has 3 rings (SSSR count). The van der Waals surface area contributed by atoms with Gasteiger partial charge in [0.2, 0.25) is 10.0 Å². The fourth-order valence-corrected chi connectivity index (χ4v) is 4.64. The number of esters is 1. The van der Waals surface area contributed by atoms with Crippen LogP contribution in [0.1, 0.15) is 43.2 Å². The number of H-pyrrole nitrogens is 1. The number of Topliss-reactive ketones (excluding diaryl/α,β-unsaturated/α-hetero) is 1. The molecule has 0 aliphatic heterocycles. The van der Waals surface area contributed by atoms with Crippen molar-refractivity contribution in [2.45, 2.75) is 20.4 Å². The van der Waals surface area contributed by atoms with Crippen LogP contribution >= 0.6 is 0 Å². The Morgan fingerprint density at radius 1 is 1.00 bits per heavy atom. The number of carbonyl (C=O) groups excluding carboxylic acids is 2. The second-order valence-electron chi connectivity index (χ2n) is 7.55. The number of aromatic nitrogens is 1. The molecule has 0 unspecified atom stereocenters. The number of hydrogen-bond donors (Lipinski definition) is 1. The smallest absolute Gasteiger partial charge is 0.339 e. The van der Waals surface area contributed by atoms with E-state index < -0.39 is 28.3 Å².